The molecule has 0 unspecified atom stereocenters. The summed E-state index contributed by atoms with van der Waals surface area (Å²) in [6.07, 6.45) is 1.85. The minimum Gasteiger partial charge on any atom is -0.497 e. The second kappa shape index (κ2) is 16.0. The van der Waals surface area contributed by atoms with Crippen molar-refractivity contribution in [3.05, 3.63) is 69.3 Å². The Balaban J connectivity index is 1.49. The second-order valence-electron chi connectivity index (χ2n) is 8.49. The van der Waals surface area contributed by atoms with Crippen molar-refractivity contribution >= 4 is 52.2 Å². The van der Waals surface area contributed by atoms with Crippen LogP contribution in [0.3, 0.4) is 0 Å². The number of hydrogen-bond acceptors (Lipinski definition) is 9. The molecule has 0 aromatic heterocycles. The largest absolute Gasteiger partial charge is 0.497 e. The zero-order valence-electron chi connectivity index (χ0n) is 23.5. The summed E-state index contributed by atoms with van der Waals surface area (Å²) in [5.74, 6) is 0.503. The van der Waals surface area contributed by atoms with Crippen LogP contribution in [0.2, 0.25) is 0 Å². The van der Waals surface area contributed by atoms with Gasteiger partial charge in [-0.2, -0.15) is 5.10 Å². The molecule has 3 N–H and O–H groups in total. The van der Waals surface area contributed by atoms with Crippen LogP contribution in [0.15, 0.2) is 59.7 Å². The third-order valence-corrected chi connectivity index (χ3v) is 6.51. The van der Waals surface area contributed by atoms with E-state index in [-0.39, 0.29) is 19.1 Å². The van der Waals surface area contributed by atoms with Gasteiger partial charge in [0.1, 0.15) is 5.75 Å². The van der Waals surface area contributed by atoms with Crippen LogP contribution >= 0.6 is 22.6 Å². The summed E-state index contributed by atoms with van der Waals surface area (Å²) >= 11 is 2.04. The van der Waals surface area contributed by atoms with Gasteiger partial charge in [0, 0.05) is 12.2 Å². The minimum atomic E-state index is -0.914. The van der Waals surface area contributed by atoms with E-state index in [9.17, 15) is 14.4 Å². The van der Waals surface area contributed by atoms with Gasteiger partial charge in [-0.25, -0.2) is 5.43 Å². The van der Waals surface area contributed by atoms with E-state index in [2.05, 4.69) is 21.2 Å². The molecule has 3 rings (SSSR count). The number of anilines is 1. The fraction of sp³-hybridized carbons (Fsp3) is 0.241. The highest BCUT2D eigenvalue weighted by atomic mass is 127. The molecule has 0 radical (unpaired) electrons. The Kier molecular flexibility index (Phi) is 12.2. The molecular formula is C29H31IN4O8. The number of ether oxygens (including phenoxy) is 5. The third kappa shape index (κ3) is 9.26. The molecule has 0 atom stereocenters. The number of rotatable bonds is 13. The monoisotopic (exact) mass is 690 g/mol. The Morgan fingerprint density at radius 2 is 1.55 bits per heavy atom. The first-order chi connectivity index (χ1) is 20.3. The van der Waals surface area contributed by atoms with Crippen LogP contribution in [0.25, 0.3) is 0 Å². The first kappa shape index (κ1) is 32.0. The van der Waals surface area contributed by atoms with Crippen molar-refractivity contribution < 1.29 is 38.1 Å². The molecule has 12 nitrogen and oxygen atoms in total. The van der Waals surface area contributed by atoms with E-state index < -0.39 is 11.8 Å². The van der Waals surface area contributed by atoms with Gasteiger partial charge in [0.2, 0.25) is 0 Å². The summed E-state index contributed by atoms with van der Waals surface area (Å²) in [4.78, 5) is 36.7. The van der Waals surface area contributed by atoms with Crippen LogP contribution in [-0.4, -0.2) is 65.5 Å². The van der Waals surface area contributed by atoms with E-state index >= 15 is 0 Å². The molecule has 13 heteroatoms. The molecule has 0 saturated heterocycles. The Bertz CT molecular complexity index is 1430. The number of halogens is 1. The molecule has 0 aliphatic heterocycles. The molecule has 3 amide bonds. The molecule has 3 aromatic rings. The maximum Gasteiger partial charge on any atom is 0.329 e. The molecule has 0 aliphatic rings. The maximum atomic E-state index is 12.4. The second-order valence-corrected chi connectivity index (χ2v) is 9.66. The highest BCUT2D eigenvalue weighted by Crippen LogP contribution is 2.33. The molecule has 222 valence electrons. The molecule has 0 bridgehead atoms. The van der Waals surface area contributed by atoms with Crippen molar-refractivity contribution in [2.75, 3.05) is 46.9 Å². The van der Waals surface area contributed by atoms with Crippen molar-refractivity contribution in [3.8, 4) is 28.7 Å². The number of benzene rings is 3. The molecule has 0 spiro atoms. The van der Waals surface area contributed by atoms with Crippen LogP contribution in [0.5, 0.6) is 28.7 Å². The number of carbonyl (C=O) groups excluding carboxylic acids is 3. The number of methoxy groups -OCH3 is 4. The predicted molar refractivity (Wildman–Crippen MR) is 165 cm³/mol. The van der Waals surface area contributed by atoms with Gasteiger partial charge in [0.25, 0.3) is 5.91 Å². The molecule has 0 aliphatic carbocycles. The first-order valence-corrected chi connectivity index (χ1v) is 13.6. The number of nitrogens with one attached hydrogen (secondary N) is 3. The lowest BCUT2D eigenvalue weighted by atomic mass is 10.1. The van der Waals surface area contributed by atoms with Crippen LogP contribution < -0.4 is 39.7 Å². The Morgan fingerprint density at radius 1 is 0.833 bits per heavy atom. The van der Waals surface area contributed by atoms with Gasteiger partial charge in [-0.1, -0.05) is 6.07 Å². The number of amides is 3. The standard InChI is InChI=1S/C29H31IN4O8/c1-38-21-8-6-20(7-9-21)33-26(35)17-42-27-22(30)13-19(15-25(27)41-4)16-32-34-29(37)28(36)31-12-11-18-5-10-23(39-2)24(14-18)40-3/h5-10,13-16H,11-12,17H2,1-4H3,(H,31,36)(H,33,35)(H,34,37)/b32-16-. The third-order valence-electron chi connectivity index (χ3n) is 5.71. The Labute approximate surface area is 256 Å². The minimum absolute atomic E-state index is 0.237. The van der Waals surface area contributed by atoms with Gasteiger partial charge in [0.15, 0.2) is 29.6 Å². The molecule has 0 saturated carbocycles. The number of carbonyl (C=O) groups is 3. The normalized spacial score (nSPS) is 10.5. The van der Waals surface area contributed by atoms with Gasteiger partial charge in [-0.3, -0.25) is 14.4 Å². The summed E-state index contributed by atoms with van der Waals surface area (Å²) in [5, 5.41) is 9.16. The summed E-state index contributed by atoms with van der Waals surface area (Å²) in [5.41, 5.74) is 4.28. The van der Waals surface area contributed by atoms with Gasteiger partial charge in [-0.15, -0.1) is 0 Å². The van der Waals surface area contributed by atoms with Gasteiger partial charge in [-0.05, 0) is 88.7 Å². The summed E-state index contributed by atoms with van der Waals surface area (Å²) in [7, 11) is 6.12. The number of nitrogens with zero attached hydrogens (tertiary/aromatic N) is 1. The molecular weight excluding hydrogens is 659 g/mol. The molecule has 42 heavy (non-hydrogen) atoms. The average molecular weight is 690 g/mol. The van der Waals surface area contributed by atoms with Crippen molar-refractivity contribution in [2.24, 2.45) is 5.10 Å². The molecule has 0 fully saturated rings. The van der Waals surface area contributed by atoms with Gasteiger partial charge >= 0.3 is 11.8 Å². The number of hydrogen-bond donors (Lipinski definition) is 3. The van der Waals surface area contributed by atoms with Crippen LogP contribution in [-0.2, 0) is 20.8 Å². The topological polar surface area (TPSA) is 146 Å². The van der Waals surface area contributed by atoms with Crippen molar-refractivity contribution in [3.63, 3.8) is 0 Å². The molecule has 3 aromatic carbocycles. The van der Waals surface area contributed by atoms with E-state index in [1.165, 1.54) is 13.3 Å². The molecule has 0 heterocycles. The highest BCUT2D eigenvalue weighted by molar-refractivity contribution is 14.1. The van der Waals surface area contributed by atoms with E-state index in [0.717, 1.165) is 5.56 Å². The first-order valence-electron chi connectivity index (χ1n) is 12.5. The van der Waals surface area contributed by atoms with Crippen LogP contribution in [0.4, 0.5) is 5.69 Å². The Hall–Kier alpha value is -4.53. The Morgan fingerprint density at radius 3 is 2.21 bits per heavy atom. The summed E-state index contributed by atoms with van der Waals surface area (Å²) in [6.45, 7) is -0.0105. The lowest BCUT2D eigenvalue weighted by Crippen LogP contribution is -2.38. The average Bonchev–Trinajstić information content (AvgIpc) is 3.00. The van der Waals surface area contributed by atoms with E-state index in [1.807, 2.05) is 28.7 Å². The highest BCUT2D eigenvalue weighted by Gasteiger charge is 2.15. The van der Waals surface area contributed by atoms with Gasteiger partial charge in [0.05, 0.1) is 38.2 Å². The van der Waals surface area contributed by atoms with E-state index in [0.29, 0.717) is 50.0 Å². The predicted octanol–water partition coefficient (Wildman–Crippen LogP) is 3.15. The maximum absolute atomic E-state index is 12.4. The fourth-order valence-electron chi connectivity index (χ4n) is 3.62. The summed E-state index contributed by atoms with van der Waals surface area (Å²) < 4.78 is 27.4. The van der Waals surface area contributed by atoms with E-state index in [4.69, 9.17) is 23.7 Å². The van der Waals surface area contributed by atoms with Crippen LogP contribution in [0.1, 0.15) is 11.1 Å². The van der Waals surface area contributed by atoms with Crippen molar-refractivity contribution in [1.29, 1.82) is 0 Å². The fourth-order valence-corrected chi connectivity index (χ4v) is 4.40. The van der Waals surface area contributed by atoms with Crippen LogP contribution in [0, 0.1) is 3.57 Å². The summed E-state index contributed by atoms with van der Waals surface area (Å²) in [6, 6.07) is 15.7. The zero-order valence-corrected chi connectivity index (χ0v) is 25.6. The lowest BCUT2D eigenvalue weighted by Gasteiger charge is -2.13. The van der Waals surface area contributed by atoms with Gasteiger partial charge < -0.3 is 34.3 Å². The van der Waals surface area contributed by atoms with E-state index in [1.54, 1.807) is 69.9 Å². The number of hydrazone groups is 1. The zero-order chi connectivity index (χ0) is 30.5. The van der Waals surface area contributed by atoms with Crippen molar-refractivity contribution in [1.82, 2.24) is 10.7 Å². The smallest absolute Gasteiger partial charge is 0.329 e. The van der Waals surface area contributed by atoms with Crippen molar-refractivity contribution in [2.45, 2.75) is 6.42 Å². The SMILES string of the molecule is COc1ccc(NC(=O)COc2c(I)cc(/C=N\NC(=O)C(=O)NCCc3ccc(OC)c(OC)c3)cc2OC)cc1. The lowest BCUT2D eigenvalue weighted by molar-refractivity contribution is -0.139. The quantitative estimate of drug-likeness (QED) is 0.107.